The Morgan fingerprint density at radius 2 is 2.00 bits per heavy atom. The molecule has 1 amide bonds. The molecule has 0 radical (unpaired) electrons. The summed E-state index contributed by atoms with van der Waals surface area (Å²) in [5, 5.41) is 0.676. The molecule has 0 bridgehead atoms. The van der Waals surface area contributed by atoms with Crippen molar-refractivity contribution in [2.24, 2.45) is 7.05 Å². The lowest BCUT2D eigenvalue weighted by Crippen LogP contribution is -2.40. The van der Waals surface area contributed by atoms with E-state index in [2.05, 4.69) is 9.71 Å². The van der Waals surface area contributed by atoms with E-state index in [4.69, 9.17) is 16.3 Å². The molecule has 3 heterocycles. The Bertz CT molecular complexity index is 1280. The molecular weight excluding hydrogens is 479 g/mol. The van der Waals surface area contributed by atoms with Crippen molar-refractivity contribution in [1.29, 1.82) is 0 Å². The average Bonchev–Trinajstić information content (AvgIpc) is 3.33. The zero-order valence-electron chi connectivity index (χ0n) is 17.3. The second kappa shape index (κ2) is 8.81. The molecule has 1 aromatic carbocycles. The molecule has 4 rings (SSSR count). The van der Waals surface area contributed by atoms with Crippen LogP contribution in [0.1, 0.15) is 15.4 Å². The number of aryl methyl sites for hydroxylation is 2. The molecule has 12 heteroatoms. The van der Waals surface area contributed by atoms with Gasteiger partial charge in [-0.3, -0.25) is 9.52 Å². The summed E-state index contributed by atoms with van der Waals surface area (Å²) in [6.45, 7) is 3.78. The van der Waals surface area contributed by atoms with Gasteiger partial charge in [-0.15, -0.1) is 11.3 Å². The van der Waals surface area contributed by atoms with Crippen LogP contribution in [0.5, 0.6) is 0 Å². The number of rotatable bonds is 5. The van der Waals surface area contributed by atoms with E-state index in [0.29, 0.717) is 47.6 Å². The number of halogens is 2. The van der Waals surface area contributed by atoms with E-state index in [-0.39, 0.29) is 21.5 Å². The van der Waals surface area contributed by atoms with Crippen molar-refractivity contribution in [3.63, 3.8) is 0 Å². The summed E-state index contributed by atoms with van der Waals surface area (Å²) in [7, 11) is -2.38. The number of hydrogen-bond acceptors (Lipinski definition) is 6. The average molecular weight is 499 g/mol. The van der Waals surface area contributed by atoms with Gasteiger partial charge in [-0.2, -0.15) is 0 Å². The molecule has 8 nitrogen and oxygen atoms in total. The summed E-state index contributed by atoms with van der Waals surface area (Å²) in [4.78, 5) is 19.5. The predicted octanol–water partition coefficient (Wildman–Crippen LogP) is 3.52. The predicted molar refractivity (Wildman–Crippen MR) is 120 cm³/mol. The third kappa shape index (κ3) is 4.51. The Kier molecular flexibility index (Phi) is 6.26. The maximum atomic E-state index is 14.1. The van der Waals surface area contributed by atoms with Crippen molar-refractivity contribution in [3.8, 4) is 10.7 Å². The number of thiazole rings is 1. The molecule has 1 fully saturated rings. The van der Waals surface area contributed by atoms with Crippen molar-refractivity contribution < 1.29 is 22.3 Å². The van der Waals surface area contributed by atoms with Crippen LogP contribution >= 0.6 is 22.9 Å². The molecule has 1 saturated heterocycles. The SMILES string of the molecule is Cc1nc(-c2cc(S(=O)(=O)Nc3ccc(Cl)cc3F)cn2C)sc1C(=O)N1CCOCC1. The fourth-order valence-corrected chi connectivity index (χ4v) is 5.67. The molecule has 32 heavy (non-hydrogen) atoms. The molecule has 170 valence electrons. The zero-order chi connectivity index (χ0) is 23.0. The first-order chi connectivity index (χ1) is 15.2. The first-order valence-corrected chi connectivity index (χ1v) is 12.3. The van der Waals surface area contributed by atoms with Crippen LogP contribution in [0.15, 0.2) is 35.4 Å². The summed E-state index contributed by atoms with van der Waals surface area (Å²) in [5.41, 5.74) is 0.896. The lowest BCUT2D eigenvalue weighted by Gasteiger charge is -2.26. The minimum atomic E-state index is -4.06. The van der Waals surface area contributed by atoms with Crippen LogP contribution in [0.25, 0.3) is 10.7 Å². The van der Waals surface area contributed by atoms with E-state index in [9.17, 15) is 17.6 Å². The van der Waals surface area contributed by atoms with Gasteiger partial charge >= 0.3 is 0 Å². The Balaban J connectivity index is 1.61. The molecule has 0 atom stereocenters. The van der Waals surface area contributed by atoms with Crippen LogP contribution in [0, 0.1) is 12.7 Å². The van der Waals surface area contributed by atoms with E-state index < -0.39 is 15.8 Å². The zero-order valence-corrected chi connectivity index (χ0v) is 19.7. The smallest absolute Gasteiger partial charge is 0.266 e. The van der Waals surface area contributed by atoms with Crippen molar-refractivity contribution in [3.05, 3.63) is 51.9 Å². The number of aromatic nitrogens is 2. The Morgan fingerprint density at radius 3 is 2.69 bits per heavy atom. The van der Waals surface area contributed by atoms with Gasteiger partial charge in [0.1, 0.15) is 20.6 Å². The number of nitrogens with one attached hydrogen (secondary N) is 1. The summed E-state index contributed by atoms with van der Waals surface area (Å²) in [6, 6.07) is 5.12. The van der Waals surface area contributed by atoms with Crippen LogP contribution in [0.4, 0.5) is 10.1 Å². The number of ether oxygens (including phenoxy) is 1. The highest BCUT2D eigenvalue weighted by Crippen LogP contribution is 2.32. The second-order valence-corrected chi connectivity index (χ2v) is 10.4. The number of sulfonamides is 1. The Morgan fingerprint density at radius 1 is 1.28 bits per heavy atom. The van der Waals surface area contributed by atoms with Gasteiger partial charge in [0.05, 0.1) is 30.3 Å². The molecule has 1 aliphatic rings. The molecule has 0 spiro atoms. The molecular formula is C20H20ClFN4O4S2. The lowest BCUT2D eigenvalue weighted by atomic mass is 10.3. The first-order valence-electron chi connectivity index (χ1n) is 9.65. The highest BCUT2D eigenvalue weighted by molar-refractivity contribution is 7.92. The molecule has 1 N–H and O–H groups in total. The van der Waals surface area contributed by atoms with Gasteiger partial charge in [-0.1, -0.05) is 11.6 Å². The van der Waals surface area contributed by atoms with E-state index >= 15 is 0 Å². The van der Waals surface area contributed by atoms with Gasteiger partial charge in [0.25, 0.3) is 15.9 Å². The summed E-state index contributed by atoms with van der Waals surface area (Å²) in [6.07, 6.45) is 1.41. The van der Waals surface area contributed by atoms with Crippen LogP contribution in [-0.4, -0.2) is 55.1 Å². The number of hydrogen-bond donors (Lipinski definition) is 1. The van der Waals surface area contributed by atoms with E-state index in [1.54, 1.807) is 23.4 Å². The fraction of sp³-hybridized carbons (Fsp3) is 0.300. The summed E-state index contributed by atoms with van der Waals surface area (Å²) in [5.74, 6) is -0.893. The lowest BCUT2D eigenvalue weighted by molar-refractivity contribution is 0.0305. The maximum absolute atomic E-state index is 14.1. The Labute approximate surface area is 193 Å². The highest BCUT2D eigenvalue weighted by atomic mass is 35.5. The van der Waals surface area contributed by atoms with E-state index in [1.165, 1.54) is 35.7 Å². The van der Waals surface area contributed by atoms with Crippen LogP contribution in [0.2, 0.25) is 5.02 Å². The van der Waals surface area contributed by atoms with Gasteiger partial charge < -0.3 is 14.2 Å². The maximum Gasteiger partial charge on any atom is 0.266 e. The van der Waals surface area contributed by atoms with Crippen molar-refractivity contribution >= 4 is 44.6 Å². The van der Waals surface area contributed by atoms with Gasteiger partial charge in [-0.25, -0.2) is 17.8 Å². The van der Waals surface area contributed by atoms with Crippen molar-refractivity contribution in [2.75, 3.05) is 31.0 Å². The normalized spacial score (nSPS) is 14.6. The van der Waals surface area contributed by atoms with Crippen LogP contribution in [-0.2, 0) is 21.8 Å². The topological polar surface area (TPSA) is 93.5 Å². The number of amides is 1. The fourth-order valence-electron chi connectivity index (χ4n) is 3.28. The first kappa shape index (κ1) is 22.7. The van der Waals surface area contributed by atoms with E-state index in [0.717, 1.165) is 6.07 Å². The molecule has 0 aliphatic carbocycles. The van der Waals surface area contributed by atoms with Crippen LogP contribution < -0.4 is 4.72 Å². The quantitative estimate of drug-likeness (QED) is 0.581. The number of morpholine rings is 1. The van der Waals surface area contributed by atoms with Crippen molar-refractivity contribution in [2.45, 2.75) is 11.8 Å². The van der Waals surface area contributed by atoms with Gasteiger partial charge in [-0.05, 0) is 31.2 Å². The molecule has 0 unspecified atom stereocenters. The number of carbonyl (C=O) groups excluding carboxylic acids is 1. The minimum Gasteiger partial charge on any atom is -0.378 e. The Hall–Kier alpha value is -2.47. The van der Waals surface area contributed by atoms with Gasteiger partial charge in [0.2, 0.25) is 0 Å². The van der Waals surface area contributed by atoms with Crippen LogP contribution in [0.3, 0.4) is 0 Å². The number of anilines is 1. The molecule has 1 aliphatic heterocycles. The molecule has 3 aromatic rings. The summed E-state index contributed by atoms with van der Waals surface area (Å²) >= 11 is 6.93. The van der Waals surface area contributed by atoms with E-state index in [1.807, 2.05) is 0 Å². The largest absolute Gasteiger partial charge is 0.378 e. The molecule has 0 saturated carbocycles. The third-order valence-electron chi connectivity index (χ3n) is 4.97. The number of nitrogens with zero attached hydrogens (tertiary/aromatic N) is 3. The number of carbonyl (C=O) groups is 1. The highest BCUT2D eigenvalue weighted by Gasteiger charge is 2.26. The summed E-state index contributed by atoms with van der Waals surface area (Å²) < 4.78 is 48.8. The van der Waals surface area contributed by atoms with Gasteiger partial charge in [0, 0.05) is 31.4 Å². The third-order valence-corrected chi connectivity index (χ3v) is 7.71. The van der Waals surface area contributed by atoms with Crippen molar-refractivity contribution in [1.82, 2.24) is 14.5 Å². The second-order valence-electron chi connectivity index (χ2n) is 7.24. The minimum absolute atomic E-state index is 0.0572. The monoisotopic (exact) mass is 498 g/mol. The molecule has 2 aromatic heterocycles. The number of benzene rings is 1. The van der Waals surface area contributed by atoms with Gasteiger partial charge in [0.15, 0.2) is 0 Å². The standard InChI is InChI=1S/C20H20ClFN4O4S2/c1-12-18(20(27)26-5-7-30-8-6-26)31-19(23-12)17-10-14(11-25(17)2)32(28,29)24-16-4-3-13(21)9-15(16)22/h3-4,9-11,24H,5-8H2,1-2H3.